The van der Waals surface area contributed by atoms with E-state index in [1.165, 1.54) is 128 Å². The highest BCUT2D eigenvalue weighted by molar-refractivity contribution is 5.76. The monoisotopic (exact) mass is 714 g/mol. The van der Waals surface area contributed by atoms with Gasteiger partial charge in [-0.2, -0.15) is 0 Å². The zero-order valence-corrected chi connectivity index (χ0v) is 32.2. The van der Waals surface area contributed by atoms with Crippen molar-refractivity contribution >= 4 is 5.91 Å². The van der Waals surface area contributed by atoms with Gasteiger partial charge in [-0.3, -0.25) is 4.79 Å². The van der Waals surface area contributed by atoms with Crippen LogP contribution >= 0.6 is 0 Å². The number of hydrogen-bond donors (Lipinski definition) is 6. The molecule has 0 saturated carbocycles. The number of carbonyl (C=O) groups is 1. The molecule has 0 spiro atoms. The molecule has 0 aromatic carbocycles. The molecule has 1 fully saturated rings. The number of aliphatic hydroxyl groups is 5. The Bertz CT molecular complexity index is 797. The molecule has 0 bridgehead atoms. The van der Waals surface area contributed by atoms with Gasteiger partial charge >= 0.3 is 0 Å². The minimum Gasteiger partial charge on any atom is -0.394 e. The molecule has 0 aromatic rings. The number of rotatable bonds is 34. The number of unbranched alkanes of at least 4 members (excludes halogenated alkanes) is 24. The van der Waals surface area contributed by atoms with E-state index in [0.717, 1.165) is 38.5 Å². The fourth-order valence-corrected chi connectivity index (χ4v) is 6.68. The van der Waals surface area contributed by atoms with E-state index in [1.807, 2.05) is 6.08 Å². The van der Waals surface area contributed by atoms with Crippen LogP contribution < -0.4 is 5.32 Å². The molecule has 1 saturated heterocycles. The van der Waals surface area contributed by atoms with Gasteiger partial charge in [-0.25, -0.2) is 0 Å². The summed E-state index contributed by atoms with van der Waals surface area (Å²) in [6.45, 7) is 3.75. The summed E-state index contributed by atoms with van der Waals surface area (Å²) in [4.78, 5) is 12.9. The molecule has 7 atom stereocenters. The molecule has 9 nitrogen and oxygen atoms in total. The molecule has 1 heterocycles. The third kappa shape index (κ3) is 23.5. The minimum atomic E-state index is -1.56. The highest BCUT2D eigenvalue weighted by Gasteiger charge is 2.44. The first kappa shape index (κ1) is 47.0. The maximum absolute atomic E-state index is 12.9. The number of aliphatic hydroxyl groups excluding tert-OH is 5. The van der Waals surface area contributed by atoms with E-state index in [4.69, 9.17) is 9.47 Å². The topological polar surface area (TPSA) is 149 Å². The van der Waals surface area contributed by atoms with Crippen molar-refractivity contribution in [1.29, 1.82) is 0 Å². The second-order valence-electron chi connectivity index (χ2n) is 14.8. The summed E-state index contributed by atoms with van der Waals surface area (Å²) in [5, 5.41) is 53.9. The van der Waals surface area contributed by atoms with Crippen LogP contribution in [0, 0.1) is 0 Å². The van der Waals surface area contributed by atoms with Crippen LogP contribution in [0.25, 0.3) is 0 Å². The third-order valence-corrected chi connectivity index (χ3v) is 10.1. The van der Waals surface area contributed by atoms with Crippen LogP contribution in [0.3, 0.4) is 0 Å². The van der Waals surface area contributed by atoms with Crippen molar-refractivity contribution in [3.63, 3.8) is 0 Å². The molecule has 50 heavy (non-hydrogen) atoms. The molecule has 296 valence electrons. The van der Waals surface area contributed by atoms with Crippen LogP contribution in [0.2, 0.25) is 0 Å². The number of nitrogens with one attached hydrogen (secondary N) is 1. The van der Waals surface area contributed by atoms with Crippen LogP contribution in [0.5, 0.6) is 0 Å². The molecule has 0 radical (unpaired) electrons. The van der Waals surface area contributed by atoms with Gasteiger partial charge in [-0.15, -0.1) is 0 Å². The Hall–Kier alpha value is -1.07. The molecular weight excluding hydrogens is 634 g/mol. The Morgan fingerprint density at radius 1 is 0.660 bits per heavy atom. The Morgan fingerprint density at radius 2 is 1.10 bits per heavy atom. The number of carbonyl (C=O) groups excluding carboxylic acids is 1. The van der Waals surface area contributed by atoms with Gasteiger partial charge in [0, 0.05) is 6.42 Å². The lowest BCUT2D eigenvalue weighted by atomic mass is 9.99. The summed E-state index contributed by atoms with van der Waals surface area (Å²) >= 11 is 0. The van der Waals surface area contributed by atoms with Gasteiger partial charge in [0.25, 0.3) is 0 Å². The Labute approximate surface area is 306 Å². The average molecular weight is 714 g/mol. The molecule has 1 aliphatic heterocycles. The number of allylic oxidation sites excluding steroid dienone is 1. The van der Waals surface area contributed by atoms with E-state index < -0.39 is 49.5 Å². The normalized spacial score (nSPS) is 22.3. The van der Waals surface area contributed by atoms with Crippen molar-refractivity contribution in [1.82, 2.24) is 5.32 Å². The van der Waals surface area contributed by atoms with Crippen LogP contribution in [-0.4, -0.2) is 87.5 Å². The first-order chi connectivity index (χ1) is 24.3. The predicted octanol–water partition coefficient (Wildman–Crippen LogP) is 7.78. The Balaban J connectivity index is 2.36. The molecule has 1 amide bonds. The summed E-state index contributed by atoms with van der Waals surface area (Å²) in [7, 11) is 0. The van der Waals surface area contributed by atoms with Gasteiger partial charge in [0.1, 0.15) is 24.4 Å². The van der Waals surface area contributed by atoms with E-state index in [-0.39, 0.29) is 12.5 Å². The first-order valence-corrected chi connectivity index (χ1v) is 20.9. The van der Waals surface area contributed by atoms with E-state index in [2.05, 4.69) is 19.2 Å². The zero-order valence-electron chi connectivity index (χ0n) is 32.2. The van der Waals surface area contributed by atoms with Crippen molar-refractivity contribution in [3.05, 3.63) is 12.2 Å². The van der Waals surface area contributed by atoms with Crippen LogP contribution in [0.4, 0.5) is 0 Å². The summed E-state index contributed by atoms with van der Waals surface area (Å²) in [5.41, 5.74) is 0. The number of amides is 1. The Kier molecular flexibility index (Phi) is 30.6. The SMILES string of the molecule is CCCCCCCCCC/C=C/C(O)C(COC1OC(CO)C(O)C(O)C1O)NC(=O)CCCCCCCCCCCCCCCCCCC. The second-order valence-corrected chi connectivity index (χ2v) is 14.8. The smallest absolute Gasteiger partial charge is 0.220 e. The summed E-state index contributed by atoms with van der Waals surface area (Å²) < 4.78 is 11.2. The van der Waals surface area contributed by atoms with E-state index in [0.29, 0.717) is 6.42 Å². The van der Waals surface area contributed by atoms with E-state index in [9.17, 15) is 30.3 Å². The van der Waals surface area contributed by atoms with Crippen LogP contribution in [0.1, 0.15) is 187 Å². The van der Waals surface area contributed by atoms with Crippen molar-refractivity contribution in [2.45, 2.75) is 230 Å². The van der Waals surface area contributed by atoms with Crippen molar-refractivity contribution in [2.24, 2.45) is 0 Å². The molecule has 1 aliphatic rings. The van der Waals surface area contributed by atoms with Gasteiger partial charge in [0.15, 0.2) is 6.29 Å². The summed E-state index contributed by atoms with van der Waals surface area (Å²) in [6.07, 6.45) is 28.3. The van der Waals surface area contributed by atoms with Crippen molar-refractivity contribution in [3.8, 4) is 0 Å². The highest BCUT2D eigenvalue weighted by atomic mass is 16.7. The third-order valence-electron chi connectivity index (χ3n) is 10.1. The lowest BCUT2D eigenvalue weighted by Gasteiger charge is -2.40. The molecule has 9 heteroatoms. The standard InChI is InChI=1S/C41H79NO8/c1-3-5-7-9-11-13-15-16-17-18-19-20-21-23-25-27-29-31-37(45)42-34(33-49-41-40(48)39(47)38(46)36(32-43)50-41)35(44)30-28-26-24-22-14-12-10-8-6-4-2/h28,30,34-36,38-41,43-44,46-48H,3-27,29,31-33H2,1-2H3,(H,42,45)/b30-28+. The minimum absolute atomic E-state index is 0.177. The lowest BCUT2D eigenvalue weighted by Crippen LogP contribution is -2.60. The Morgan fingerprint density at radius 3 is 1.56 bits per heavy atom. The number of hydrogen-bond acceptors (Lipinski definition) is 8. The maximum atomic E-state index is 12.9. The fourth-order valence-electron chi connectivity index (χ4n) is 6.68. The zero-order chi connectivity index (χ0) is 36.7. The maximum Gasteiger partial charge on any atom is 0.220 e. The average Bonchev–Trinajstić information content (AvgIpc) is 3.11. The molecule has 6 N–H and O–H groups in total. The van der Waals surface area contributed by atoms with Gasteiger partial charge in [0.05, 0.1) is 25.4 Å². The van der Waals surface area contributed by atoms with Gasteiger partial charge < -0.3 is 40.3 Å². The molecular formula is C41H79NO8. The van der Waals surface area contributed by atoms with Crippen LogP contribution in [0.15, 0.2) is 12.2 Å². The second kappa shape index (κ2) is 32.6. The lowest BCUT2D eigenvalue weighted by molar-refractivity contribution is -0.302. The summed E-state index contributed by atoms with van der Waals surface area (Å²) in [6, 6.07) is -0.796. The predicted molar refractivity (Wildman–Crippen MR) is 203 cm³/mol. The van der Waals surface area contributed by atoms with Crippen molar-refractivity contribution in [2.75, 3.05) is 13.2 Å². The molecule has 0 aromatic heterocycles. The first-order valence-electron chi connectivity index (χ1n) is 20.9. The quantitative estimate of drug-likeness (QED) is 0.0293. The fraction of sp³-hybridized carbons (Fsp3) is 0.927. The molecule has 0 aliphatic carbocycles. The highest BCUT2D eigenvalue weighted by Crippen LogP contribution is 2.22. The van der Waals surface area contributed by atoms with Crippen LogP contribution in [-0.2, 0) is 14.3 Å². The van der Waals surface area contributed by atoms with Gasteiger partial charge in [-0.1, -0.05) is 174 Å². The molecule has 1 rings (SSSR count). The van der Waals surface area contributed by atoms with E-state index >= 15 is 0 Å². The van der Waals surface area contributed by atoms with E-state index in [1.54, 1.807) is 6.08 Å². The molecule has 7 unspecified atom stereocenters. The van der Waals surface area contributed by atoms with Gasteiger partial charge in [-0.05, 0) is 19.3 Å². The summed E-state index contributed by atoms with van der Waals surface area (Å²) in [5.74, 6) is -0.177. The van der Waals surface area contributed by atoms with Gasteiger partial charge in [0.2, 0.25) is 5.91 Å². The largest absolute Gasteiger partial charge is 0.394 e. The number of ether oxygens (including phenoxy) is 2. The van der Waals surface area contributed by atoms with Crippen molar-refractivity contribution < 1.29 is 39.8 Å².